The predicted molar refractivity (Wildman–Crippen MR) is 118 cm³/mol. The standard InChI is InChI=1S/C23H21ClN4O/c24-16-12-13-20-19(15-16)18(23(26-20)21-10-4-5-14-25-21)9-6-11-22(29)28-27-17-7-2-1-3-8-17/h1-5,7-8,10,12-15,26-27H,6,9,11H2,(H,28,29). The first-order valence-corrected chi connectivity index (χ1v) is 9.90. The van der Waals surface area contributed by atoms with Crippen LogP contribution in [0.1, 0.15) is 18.4 Å². The first-order valence-electron chi connectivity index (χ1n) is 9.52. The molecule has 146 valence electrons. The summed E-state index contributed by atoms with van der Waals surface area (Å²) in [4.78, 5) is 20.1. The van der Waals surface area contributed by atoms with Crippen molar-refractivity contribution in [3.8, 4) is 11.4 Å². The van der Waals surface area contributed by atoms with Crippen LogP contribution in [0.5, 0.6) is 0 Å². The Morgan fingerprint density at radius 2 is 1.86 bits per heavy atom. The van der Waals surface area contributed by atoms with Crippen molar-refractivity contribution in [2.24, 2.45) is 0 Å². The highest BCUT2D eigenvalue weighted by Crippen LogP contribution is 2.32. The second kappa shape index (κ2) is 8.80. The number of hydrazine groups is 1. The van der Waals surface area contributed by atoms with E-state index in [9.17, 15) is 4.79 Å². The van der Waals surface area contributed by atoms with Gasteiger partial charge in [-0.2, -0.15) is 0 Å². The van der Waals surface area contributed by atoms with Crippen molar-refractivity contribution in [2.75, 3.05) is 5.43 Å². The van der Waals surface area contributed by atoms with E-state index in [0.29, 0.717) is 17.9 Å². The molecule has 2 aromatic heterocycles. The molecule has 0 spiro atoms. The molecule has 29 heavy (non-hydrogen) atoms. The number of nitrogens with zero attached hydrogens (tertiary/aromatic N) is 1. The van der Waals surface area contributed by atoms with Crippen molar-refractivity contribution in [1.82, 2.24) is 15.4 Å². The molecule has 0 aliphatic rings. The number of H-pyrrole nitrogens is 1. The zero-order chi connectivity index (χ0) is 20.1. The van der Waals surface area contributed by atoms with Gasteiger partial charge in [-0.25, -0.2) is 0 Å². The van der Waals surface area contributed by atoms with Crippen molar-refractivity contribution in [1.29, 1.82) is 0 Å². The quantitative estimate of drug-likeness (QED) is 0.364. The third kappa shape index (κ3) is 4.58. The fourth-order valence-electron chi connectivity index (χ4n) is 3.36. The summed E-state index contributed by atoms with van der Waals surface area (Å²) in [5.74, 6) is -0.0499. The number of pyridine rings is 1. The van der Waals surface area contributed by atoms with Crippen LogP contribution in [0.25, 0.3) is 22.3 Å². The molecule has 2 heterocycles. The molecule has 0 atom stereocenters. The molecular formula is C23H21ClN4O. The molecule has 0 aliphatic heterocycles. The molecule has 0 saturated carbocycles. The molecular weight excluding hydrogens is 384 g/mol. The number of fused-ring (bicyclic) bond motifs is 1. The van der Waals surface area contributed by atoms with Crippen LogP contribution in [0.15, 0.2) is 72.9 Å². The van der Waals surface area contributed by atoms with Gasteiger partial charge in [0.25, 0.3) is 0 Å². The van der Waals surface area contributed by atoms with E-state index in [-0.39, 0.29) is 5.91 Å². The second-order valence-electron chi connectivity index (χ2n) is 6.78. The number of para-hydroxylation sites is 1. The third-order valence-corrected chi connectivity index (χ3v) is 4.97. The lowest BCUT2D eigenvalue weighted by atomic mass is 10.0. The summed E-state index contributed by atoms with van der Waals surface area (Å²) in [6.45, 7) is 0. The number of rotatable bonds is 7. The average Bonchev–Trinajstić information content (AvgIpc) is 3.11. The topological polar surface area (TPSA) is 69.8 Å². The van der Waals surface area contributed by atoms with Gasteiger partial charge in [-0.1, -0.05) is 35.9 Å². The number of carbonyl (C=O) groups excluding carboxylic acids is 1. The molecule has 0 bridgehead atoms. The molecule has 5 nitrogen and oxygen atoms in total. The molecule has 6 heteroatoms. The van der Waals surface area contributed by atoms with Crippen LogP contribution in [-0.4, -0.2) is 15.9 Å². The monoisotopic (exact) mass is 404 g/mol. The van der Waals surface area contributed by atoms with Crippen molar-refractivity contribution in [3.63, 3.8) is 0 Å². The Bertz CT molecular complexity index is 1110. The largest absolute Gasteiger partial charge is 0.353 e. The average molecular weight is 405 g/mol. The van der Waals surface area contributed by atoms with Crippen LogP contribution in [0, 0.1) is 0 Å². The van der Waals surface area contributed by atoms with Crippen LogP contribution >= 0.6 is 11.6 Å². The van der Waals surface area contributed by atoms with E-state index in [2.05, 4.69) is 20.8 Å². The minimum atomic E-state index is -0.0499. The lowest BCUT2D eigenvalue weighted by Crippen LogP contribution is -2.29. The zero-order valence-electron chi connectivity index (χ0n) is 15.8. The van der Waals surface area contributed by atoms with E-state index in [1.54, 1.807) is 6.20 Å². The minimum Gasteiger partial charge on any atom is -0.353 e. The maximum absolute atomic E-state index is 12.2. The molecule has 4 rings (SSSR count). The first-order chi connectivity index (χ1) is 14.2. The molecule has 3 N–H and O–H groups in total. The number of anilines is 1. The second-order valence-corrected chi connectivity index (χ2v) is 7.21. The highest BCUT2D eigenvalue weighted by atomic mass is 35.5. The SMILES string of the molecule is O=C(CCCc1c(-c2ccccn2)[nH]c2ccc(Cl)cc12)NNc1ccccc1. The lowest BCUT2D eigenvalue weighted by Gasteiger charge is -2.09. The number of carbonyl (C=O) groups is 1. The highest BCUT2D eigenvalue weighted by molar-refractivity contribution is 6.31. The normalized spacial score (nSPS) is 10.8. The van der Waals surface area contributed by atoms with E-state index >= 15 is 0 Å². The number of halogens is 1. The van der Waals surface area contributed by atoms with E-state index in [0.717, 1.165) is 40.0 Å². The Labute approximate surface area is 174 Å². The fourth-order valence-corrected chi connectivity index (χ4v) is 3.53. The maximum atomic E-state index is 12.2. The van der Waals surface area contributed by atoms with Crippen LogP contribution in [0.2, 0.25) is 5.02 Å². The number of amides is 1. The zero-order valence-corrected chi connectivity index (χ0v) is 16.5. The van der Waals surface area contributed by atoms with Crippen molar-refractivity contribution in [2.45, 2.75) is 19.3 Å². The molecule has 4 aromatic rings. The van der Waals surface area contributed by atoms with Gasteiger partial charge < -0.3 is 4.98 Å². The van der Waals surface area contributed by atoms with E-state index in [4.69, 9.17) is 11.6 Å². The van der Waals surface area contributed by atoms with Crippen LogP contribution in [0.4, 0.5) is 5.69 Å². The number of aromatic nitrogens is 2. The highest BCUT2D eigenvalue weighted by Gasteiger charge is 2.15. The first kappa shape index (κ1) is 19.0. The van der Waals surface area contributed by atoms with Crippen LogP contribution in [0.3, 0.4) is 0 Å². The lowest BCUT2D eigenvalue weighted by molar-refractivity contribution is -0.120. The third-order valence-electron chi connectivity index (χ3n) is 4.74. The number of nitrogens with one attached hydrogen (secondary N) is 3. The summed E-state index contributed by atoms with van der Waals surface area (Å²) < 4.78 is 0. The minimum absolute atomic E-state index is 0.0499. The number of aryl methyl sites for hydroxylation is 1. The van der Waals surface area contributed by atoms with Gasteiger partial charge in [-0.3, -0.25) is 20.6 Å². The Balaban J connectivity index is 1.47. The smallest absolute Gasteiger partial charge is 0.238 e. The van der Waals surface area contributed by atoms with Gasteiger partial charge >= 0.3 is 0 Å². The summed E-state index contributed by atoms with van der Waals surface area (Å²) in [7, 11) is 0. The van der Waals surface area contributed by atoms with E-state index in [1.165, 1.54) is 0 Å². The Morgan fingerprint density at radius 1 is 1.03 bits per heavy atom. The van der Waals surface area contributed by atoms with E-state index in [1.807, 2.05) is 66.7 Å². The molecule has 0 aliphatic carbocycles. The molecule has 2 aromatic carbocycles. The summed E-state index contributed by atoms with van der Waals surface area (Å²) >= 11 is 6.23. The number of benzene rings is 2. The number of hydrogen-bond donors (Lipinski definition) is 3. The number of aromatic amines is 1. The molecule has 0 fully saturated rings. The van der Waals surface area contributed by atoms with Crippen LogP contribution in [-0.2, 0) is 11.2 Å². The maximum Gasteiger partial charge on any atom is 0.238 e. The fraction of sp³-hybridized carbons (Fsp3) is 0.130. The van der Waals surface area contributed by atoms with Gasteiger partial charge in [0.15, 0.2) is 0 Å². The van der Waals surface area contributed by atoms with Crippen molar-refractivity contribution in [3.05, 3.63) is 83.5 Å². The Kier molecular flexibility index (Phi) is 5.77. The molecule has 0 unspecified atom stereocenters. The van der Waals surface area contributed by atoms with Gasteiger partial charge in [-0.15, -0.1) is 0 Å². The van der Waals surface area contributed by atoms with Crippen molar-refractivity contribution >= 4 is 34.1 Å². The number of hydrogen-bond acceptors (Lipinski definition) is 3. The van der Waals surface area contributed by atoms with Gasteiger partial charge in [0.1, 0.15) is 0 Å². The molecule has 0 saturated heterocycles. The summed E-state index contributed by atoms with van der Waals surface area (Å²) in [6.07, 6.45) is 3.64. The van der Waals surface area contributed by atoms with Gasteiger partial charge in [0.2, 0.25) is 5.91 Å². The molecule has 0 radical (unpaired) electrons. The van der Waals surface area contributed by atoms with Gasteiger partial charge in [0.05, 0.1) is 17.1 Å². The van der Waals surface area contributed by atoms with Crippen LogP contribution < -0.4 is 10.9 Å². The van der Waals surface area contributed by atoms with Gasteiger partial charge in [-0.05, 0) is 60.9 Å². The summed E-state index contributed by atoms with van der Waals surface area (Å²) in [6, 6.07) is 21.2. The summed E-state index contributed by atoms with van der Waals surface area (Å²) in [5, 5.41) is 1.76. The van der Waals surface area contributed by atoms with E-state index < -0.39 is 0 Å². The van der Waals surface area contributed by atoms with Crippen molar-refractivity contribution < 1.29 is 4.79 Å². The van der Waals surface area contributed by atoms with Gasteiger partial charge in [0, 0.05) is 28.5 Å². The summed E-state index contributed by atoms with van der Waals surface area (Å²) in [5.41, 5.74) is 10.5. The predicted octanol–water partition coefficient (Wildman–Crippen LogP) is 5.35. The Morgan fingerprint density at radius 3 is 2.66 bits per heavy atom. The Hall–Kier alpha value is -3.31. The molecule has 1 amide bonds.